The smallest absolute Gasteiger partial charge is 0.534 e. The number of hydrogen-bond acceptors (Lipinski definition) is 1. The zero-order valence-electron chi connectivity index (χ0n) is 11.3. The molecule has 0 fully saturated rings. The van der Waals surface area contributed by atoms with Crippen molar-refractivity contribution in [2.24, 2.45) is 0 Å². The van der Waals surface area contributed by atoms with Crippen LogP contribution >= 0.6 is 0 Å². The molecule has 0 aliphatic heterocycles. The molecule has 0 aliphatic rings. The van der Waals surface area contributed by atoms with Gasteiger partial charge in [0.2, 0.25) is 0 Å². The van der Waals surface area contributed by atoms with E-state index in [-0.39, 0.29) is 57.1 Å². The van der Waals surface area contributed by atoms with E-state index < -0.39 is 27.6 Å². The van der Waals surface area contributed by atoms with Gasteiger partial charge in [0.1, 0.15) is 0 Å². The van der Waals surface area contributed by atoms with Gasteiger partial charge in [0.05, 0.1) is 0 Å². The summed E-state index contributed by atoms with van der Waals surface area (Å²) in [5.41, 5.74) is 0. The second kappa shape index (κ2) is 14.1. The van der Waals surface area contributed by atoms with Crippen molar-refractivity contribution in [2.45, 2.75) is 0 Å². The average molecular weight is 411 g/mol. The summed E-state index contributed by atoms with van der Waals surface area (Å²) in [5, 5.41) is 8.52. The van der Waals surface area contributed by atoms with Gasteiger partial charge in [-0.3, -0.25) is 0 Å². The predicted octanol–water partition coefficient (Wildman–Crippen LogP) is 2.24. The van der Waals surface area contributed by atoms with Gasteiger partial charge in [-0.1, -0.05) is 0 Å². The summed E-state index contributed by atoms with van der Waals surface area (Å²) in [6.07, 6.45) is 0. The number of phenolic OH excluding ortho intramolecular Hbond substituents is 1. The van der Waals surface area contributed by atoms with E-state index in [1.54, 1.807) is 0 Å². The molecule has 0 saturated heterocycles. The van der Waals surface area contributed by atoms with Gasteiger partial charge in [-0.25, -0.2) is 4.39 Å². The Morgan fingerprint density at radius 3 is 1.04 bits per heavy atom. The molecule has 24 heavy (non-hydrogen) atoms. The summed E-state index contributed by atoms with van der Waals surface area (Å²) in [5.74, 6) is -0.699. The van der Waals surface area contributed by atoms with Crippen molar-refractivity contribution >= 4 is 21.8 Å². The molecule has 0 bridgehead atoms. The first kappa shape index (κ1) is 31.7. The van der Waals surface area contributed by atoms with Crippen molar-refractivity contribution < 1.29 is 113 Å². The molecule has 0 radical (unpaired) electrons. The van der Waals surface area contributed by atoms with Crippen molar-refractivity contribution in [1.82, 2.24) is 0 Å². The van der Waals surface area contributed by atoms with Crippen LogP contribution in [0.3, 0.4) is 0 Å². The first-order valence-corrected chi connectivity index (χ1v) is 4.78. The molecule has 0 aliphatic carbocycles. The van der Waals surface area contributed by atoms with E-state index in [1.165, 1.54) is 18.2 Å². The van der Waals surface area contributed by atoms with E-state index in [9.17, 15) is 56.2 Å². The molecule has 0 unspecified atom stereocenters. The fraction of sp³-hybridized carbons (Fsp3) is 0. The molecule has 0 aromatic heterocycles. The van der Waals surface area contributed by atoms with Crippen LogP contribution in [0.5, 0.6) is 5.75 Å². The van der Waals surface area contributed by atoms with Crippen molar-refractivity contribution in [3.05, 3.63) is 30.1 Å². The van der Waals surface area contributed by atoms with Crippen molar-refractivity contribution in [2.75, 3.05) is 0 Å². The molecule has 0 spiro atoms. The number of phenols is 1. The van der Waals surface area contributed by atoms with Crippen molar-refractivity contribution in [3.63, 3.8) is 0 Å². The van der Waals surface area contributed by atoms with Crippen LogP contribution in [-0.4, -0.2) is 26.9 Å². The Balaban J connectivity index is -0.000000113. The van der Waals surface area contributed by atoms with E-state index in [1.807, 2.05) is 0 Å². The number of benzene rings is 1. The monoisotopic (exact) mass is 411 g/mol. The number of halogens is 13. The molecule has 0 amide bonds. The molecule has 1 aromatic carbocycles. The normalized spacial score (nSPS) is 10.5. The summed E-state index contributed by atoms with van der Waals surface area (Å²) < 4.78 is 129. The zero-order chi connectivity index (χ0) is 19.5. The average Bonchev–Trinajstić information content (AvgIpc) is 2.07. The van der Waals surface area contributed by atoms with Crippen LogP contribution in [0.15, 0.2) is 18.2 Å². The molecule has 0 heterocycles. The first-order valence-electron chi connectivity index (χ1n) is 4.78. The van der Waals surface area contributed by atoms with Gasteiger partial charge in [0.15, 0.2) is 0 Å². The van der Waals surface area contributed by atoms with Crippen LogP contribution in [0.25, 0.3) is 0 Å². The fourth-order valence-electron chi connectivity index (χ4n) is 0.429. The third kappa shape index (κ3) is 97.4. The zero-order valence-corrected chi connectivity index (χ0v) is 14.4. The van der Waals surface area contributed by atoms with E-state index in [2.05, 4.69) is 6.07 Å². The summed E-state index contributed by atoms with van der Waals surface area (Å²) in [7, 11) is -18.0. The van der Waals surface area contributed by atoms with Crippen LogP contribution < -0.4 is 51.4 Å². The Bertz CT molecular complexity index is 356. The predicted molar refractivity (Wildman–Crippen MR) is 57.5 cm³/mol. The van der Waals surface area contributed by atoms with Crippen LogP contribution in [0.4, 0.5) is 56.2 Å². The van der Waals surface area contributed by atoms with E-state index in [0.29, 0.717) is 0 Å². The van der Waals surface area contributed by atoms with Gasteiger partial charge in [-0.15, -0.1) is 18.2 Å². The SMILES string of the molecule is F[B-](F)(F)F.F[B-](F)(F)F.F[B-](F)(F)F.Oc1[c-]c(F)ccc1.[K+]. The van der Waals surface area contributed by atoms with Gasteiger partial charge in [0.25, 0.3) is 0 Å². The van der Waals surface area contributed by atoms with Crippen LogP contribution in [0, 0.1) is 11.9 Å². The van der Waals surface area contributed by atoms with Gasteiger partial charge in [-0.05, 0) is 0 Å². The Morgan fingerprint density at radius 1 is 0.667 bits per heavy atom. The third-order valence-corrected chi connectivity index (χ3v) is 0.744. The Kier molecular flexibility index (Phi) is 18.7. The maximum absolute atomic E-state index is 12.0. The Labute approximate surface area is 169 Å². The van der Waals surface area contributed by atoms with Crippen molar-refractivity contribution in [1.29, 1.82) is 0 Å². The topological polar surface area (TPSA) is 20.2 Å². The van der Waals surface area contributed by atoms with Crippen LogP contribution in [0.1, 0.15) is 0 Å². The summed E-state index contributed by atoms with van der Waals surface area (Å²) in [6.45, 7) is 0. The number of aromatic hydroxyl groups is 1. The minimum atomic E-state index is -6.00. The third-order valence-electron chi connectivity index (χ3n) is 0.744. The largest absolute Gasteiger partial charge is 1.00 e. The molecular formula is C6H4B3F13KO-3. The standard InChI is InChI=1S/C6H4FO.3BF4.K/c7-5-2-1-3-6(8)4-5;3*2-1(3,4)5;/h1-3,8H;;;;/q4*-1;+1. The minimum Gasteiger partial charge on any atom is -0.534 e. The second-order valence-corrected chi connectivity index (χ2v) is 2.87. The molecule has 1 rings (SSSR count). The van der Waals surface area contributed by atoms with Gasteiger partial charge >= 0.3 is 73.1 Å². The molecule has 0 atom stereocenters. The Hall–Kier alpha value is -0.0588. The maximum Gasteiger partial charge on any atom is 1.00 e. The van der Waals surface area contributed by atoms with E-state index in [4.69, 9.17) is 5.11 Å². The molecule has 1 nitrogen and oxygen atoms in total. The number of hydrogen-bond donors (Lipinski definition) is 1. The minimum absolute atomic E-state index is 0. The maximum atomic E-state index is 12.0. The van der Waals surface area contributed by atoms with E-state index in [0.717, 1.165) is 0 Å². The molecule has 18 heteroatoms. The van der Waals surface area contributed by atoms with Crippen LogP contribution in [0.2, 0.25) is 0 Å². The van der Waals surface area contributed by atoms with Gasteiger partial charge in [0, 0.05) is 11.6 Å². The molecular weight excluding hydrogens is 407 g/mol. The number of rotatable bonds is 0. The summed E-state index contributed by atoms with van der Waals surface area (Å²) >= 11 is 0. The fourth-order valence-corrected chi connectivity index (χ4v) is 0.429. The van der Waals surface area contributed by atoms with Gasteiger partial charge < -0.3 is 56.9 Å². The summed E-state index contributed by atoms with van der Waals surface area (Å²) in [6, 6.07) is 6.06. The molecule has 138 valence electrons. The van der Waals surface area contributed by atoms with Gasteiger partial charge in [-0.2, -0.15) is 6.07 Å². The molecule has 1 N–H and O–H groups in total. The molecule has 0 saturated carbocycles. The second-order valence-electron chi connectivity index (χ2n) is 2.87. The van der Waals surface area contributed by atoms with Crippen LogP contribution in [-0.2, 0) is 0 Å². The summed E-state index contributed by atoms with van der Waals surface area (Å²) in [4.78, 5) is 0. The quantitative estimate of drug-likeness (QED) is 0.395. The van der Waals surface area contributed by atoms with Crippen molar-refractivity contribution in [3.8, 4) is 5.75 Å². The van der Waals surface area contributed by atoms with E-state index >= 15 is 0 Å². The molecule has 1 aromatic rings. The Morgan fingerprint density at radius 2 is 0.917 bits per heavy atom. The first-order chi connectivity index (χ1) is 9.79.